The van der Waals surface area contributed by atoms with Crippen molar-refractivity contribution in [3.63, 3.8) is 0 Å². The minimum atomic E-state index is -0.466. The molecule has 1 heterocycles. The average Bonchev–Trinajstić information content (AvgIpc) is 2.02. The minimum Gasteiger partial charge on any atom is -0.388 e. The Morgan fingerprint density at radius 3 is 3.08 bits per heavy atom. The molecule has 0 spiro atoms. The van der Waals surface area contributed by atoms with E-state index in [4.69, 9.17) is 0 Å². The molecule has 3 heteroatoms. The predicted molar refractivity (Wildman–Crippen MR) is 49.1 cm³/mol. The smallest absolute Gasteiger partial charge is 0.125 e. The Labute approximate surface area is 76.4 Å². The highest BCUT2D eigenvalue weighted by Crippen LogP contribution is 2.32. The average molecular weight is 181 g/mol. The highest BCUT2D eigenvalue weighted by Gasteiger charge is 2.22. The van der Waals surface area contributed by atoms with Crippen molar-refractivity contribution in [2.45, 2.75) is 25.5 Å². The van der Waals surface area contributed by atoms with E-state index in [1.165, 1.54) is 12.1 Å². The van der Waals surface area contributed by atoms with E-state index in [1.54, 1.807) is 6.07 Å². The lowest BCUT2D eigenvalue weighted by molar-refractivity contribution is 0.158. The molecule has 0 aromatic heterocycles. The van der Waals surface area contributed by atoms with Crippen LogP contribution in [0.5, 0.6) is 0 Å². The molecule has 0 bridgehead atoms. The second kappa shape index (κ2) is 3.00. The van der Waals surface area contributed by atoms with E-state index in [2.05, 4.69) is 5.32 Å². The second-order valence-corrected chi connectivity index (χ2v) is 3.53. The molecule has 0 radical (unpaired) electrons. The first kappa shape index (κ1) is 8.51. The first-order valence-electron chi connectivity index (χ1n) is 4.41. The maximum atomic E-state index is 12.8. The molecular formula is C10H12FNO. The van der Waals surface area contributed by atoms with Gasteiger partial charge < -0.3 is 10.4 Å². The van der Waals surface area contributed by atoms with Gasteiger partial charge in [-0.15, -0.1) is 0 Å². The van der Waals surface area contributed by atoms with E-state index < -0.39 is 6.10 Å². The van der Waals surface area contributed by atoms with Crippen LogP contribution >= 0.6 is 0 Å². The third kappa shape index (κ3) is 1.52. The number of rotatable bonds is 0. The maximum absolute atomic E-state index is 12.8. The second-order valence-electron chi connectivity index (χ2n) is 3.53. The standard InChI is InChI=1S/C10H12FNO/c1-6-4-10(13)8-3-2-7(11)5-9(8)12-6/h2-3,5-6,10,12-13H,4H2,1H3. The number of hydrogen-bond donors (Lipinski definition) is 2. The number of anilines is 1. The third-order valence-electron chi connectivity index (χ3n) is 2.35. The fourth-order valence-corrected chi connectivity index (χ4v) is 1.73. The van der Waals surface area contributed by atoms with Crippen molar-refractivity contribution in [1.29, 1.82) is 0 Å². The summed E-state index contributed by atoms with van der Waals surface area (Å²) in [4.78, 5) is 0. The van der Waals surface area contributed by atoms with Gasteiger partial charge in [-0.05, 0) is 25.5 Å². The molecule has 1 aliphatic heterocycles. The molecule has 70 valence electrons. The summed E-state index contributed by atoms with van der Waals surface area (Å²) in [5, 5.41) is 12.8. The number of aliphatic hydroxyl groups excluding tert-OH is 1. The molecule has 0 fully saturated rings. The van der Waals surface area contributed by atoms with Crippen molar-refractivity contribution >= 4 is 5.69 Å². The van der Waals surface area contributed by atoms with Gasteiger partial charge in [0.2, 0.25) is 0 Å². The van der Waals surface area contributed by atoms with Gasteiger partial charge in [0.1, 0.15) is 5.82 Å². The summed E-state index contributed by atoms with van der Waals surface area (Å²) in [6, 6.07) is 4.63. The van der Waals surface area contributed by atoms with Gasteiger partial charge in [-0.3, -0.25) is 0 Å². The summed E-state index contributed by atoms with van der Waals surface area (Å²) in [6.07, 6.45) is 0.213. The van der Waals surface area contributed by atoms with Gasteiger partial charge >= 0.3 is 0 Å². The van der Waals surface area contributed by atoms with Crippen molar-refractivity contribution < 1.29 is 9.50 Å². The van der Waals surface area contributed by atoms with Crippen LogP contribution in [-0.2, 0) is 0 Å². The lowest BCUT2D eigenvalue weighted by atomic mass is 9.96. The summed E-state index contributed by atoms with van der Waals surface area (Å²) >= 11 is 0. The van der Waals surface area contributed by atoms with Crippen molar-refractivity contribution in [3.8, 4) is 0 Å². The first-order chi connectivity index (χ1) is 6.16. The molecule has 0 amide bonds. The molecule has 1 aromatic rings. The highest BCUT2D eigenvalue weighted by molar-refractivity contribution is 5.55. The number of hydrogen-bond acceptors (Lipinski definition) is 2. The van der Waals surface area contributed by atoms with Crippen LogP contribution in [0.3, 0.4) is 0 Å². The Hall–Kier alpha value is -1.09. The summed E-state index contributed by atoms with van der Waals surface area (Å²) in [5.74, 6) is -0.271. The van der Waals surface area contributed by atoms with Crippen LogP contribution in [0.1, 0.15) is 25.0 Å². The van der Waals surface area contributed by atoms with Crippen LogP contribution in [0.4, 0.5) is 10.1 Å². The van der Waals surface area contributed by atoms with Crippen LogP contribution in [0.25, 0.3) is 0 Å². The van der Waals surface area contributed by atoms with Crippen LogP contribution in [-0.4, -0.2) is 11.1 Å². The van der Waals surface area contributed by atoms with Crippen LogP contribution < -0.4 is 5.32 Å². The number of benzene rings is 1. The first-order valence-corrected chi connectivity index (χ1v) is 4.41. The fraction of sp³-hybridized carbons (Fsp3) is 0.400. The van der Waals surface area contributed by atoms with Crippen molar-refractivity contribution in [2.75, 3.05) is 5.32 Å². The van der Waals surface area contributed by atoms with Gasteiger partial charge in [0.05, 0.1) is 6.10 Å². The Bertz CT molecular complexity index is 327. The van der Waals surface area contributed by atoms with Crippen LogP contribution in [0.2, 0.25) is 0 Å². The minimum absolute atomic E-state index is 0.198. The van der Waals surface area contributed by atoms with Crippen molar-refractivity contribution in [2.24, 2.45) is 0 Å². The summed E-state index contributed by atoms with van der Waals surface area (Å²) < 4.78 is 12.8. The van der Waals surface area contributed by atoms with Crippen LogP contribution in [0, 0.1) is 5.82 Å². The number of nitrogens with one attached hydrogen (secondary N) is 1. The van der Waals surface area contributed by atoms with E-state index in [9.17, 15) is 9.50 Å². The zero-order valence-electron chi connectivity index (χ0n) is 7.42. The molecule has 0 saturated carbocycles. The molecule has 2 nitrogen and oxygen atoms in total. The zero-order valence-corrected chi connectivity index (χ0v) is 7.42. The molecule has 1 aliphatic rings. The van der Waals surface area contributed by atoms with Crippen molar-refractivity contribution in [3.05, 3.63) is 29.6 Å². The molecule has 2 rings (SSSR count). The van der Waals surface area contributed by atoms with Gasteiger partial charge in [-0.25, -0.2) is 4.39 Å². The Morgan fingerprint density at radius 1 is 1.54 bits per heavy atom. The Balaban J connectivity index is 2.43. The van der Waals surface area contributed by atoms with Crippen molar-refractivity contribution in [1.82, 2.24) is 0 Å². The molecule has 2 N–H and O–H groups in total. The number of halogens is 1. The monoisotopic (exact) mass is 181 g/mol. The Morgan fingerprint density at radius 2 is 2.31 bits per heavy atom. The molecule has 0 saturated heterocycles. The van der Waals surface area contributed by atoms with Gasteiger partial charge in [-0.1, -0.05) is 6.07 Å². The van der Waals surface area contributed by atoms with Gasteiger partial charge in [0, 0.05) is 17.3 Å². The maximum Gasteiger partial charge on any atom is 0.125 e. The molecule has 2 unspecified atom stereocenters. The molecule has 13 heavy (non-hydrogen) atoms. The molecule has 0 aliphatic carbocycles. The topological polar surface area (TPSA) is 32.3 Å². The number of aliphatic hydroxyl groups is 1. The number of fused-ring (bicyclic) bond motifs is 1. The van der Waals surface area contributed by atoms with Gasteiger partial charge in [0.25, 0.3) is 0 Å². The SMILES string of the molecule is CC1CC(O)c2ccc(F)cc2N1. The lowest BCUT2D eigenvalue weighted by Crippen LogP contribution is -2.25. The van der Waals surface area contributed by atoms with E-state index in [0.29, 0.717) is 12.1 Å². The summed E-state index contributed by atoms with van der Waals surface area (Å²) in [5.41, 5.74) is 1.51. The Kier molecular flexibility index (Phi) is 1.96. The summed E-state index contributed by atoms with van der Waals surface area (Å²) in [6.45, 7) is 1.97. The van der Waals surface area contributed by atoms with Gasteiger partial charge in [0.15, 0.2) is 0 Å². The summed E-state index contributed by atoms with van der Waals surface area (Å²) in [7, 11) is 0. The highest BCUT2D eigenvalue weighted by atomic mass is 19.1. The predicted octanol–water partition coefficient (Wildman–Crippen LogP) is 2.06. The zero-order chi connectivity index (χ0) is 9.42. The van der Waals surface area contributed by atoms with Gasteiger partial charge in [-0.2, -0.15) is 0 Å². The van der Waals surface area contributed by atoms with Crippen LogP contribution in [0.15, 0.2) is 18.2 Å². The van der Waals surface area contributed by atoms with E-state index in [1.807, 2.05) is 6.92 Å². The van der Waals surface area contributed by atoms with E-state index in [0.717, 1.165) is 5.56 Å². The third-order valence-corrected chi connectivity index (χ3v) is 2.35. The molecule has 2 atom stereocenters. The lowest BCUT2D eigenvalue weighted by Gasteiger charge is -2.28. The normalized spacial score (nSPS) is 26.4. The van der Waals surface area contributed by atoms with E-state index >= 15 is 0 Å². The quantitative estimate of drug-likeness (QED) is 0.642. The van der Waals surface area contributed by atoms with E-state index in [-0.39, 0.29) is 11.9 Å². The largest absolute Gasteiger partial charge is 0.388 e. The molecular weight excluding hydrogens is 169 g/mol. The fourth-order valence-electron chi connectivity index (χ4n) is 1.73. The molecule has 1 aromatic carbocycles.